The van der Waals surface area contributed by atoms with Gasteiger partial charge in [0, 0.05) is 30.9 Å². The molecule has 0 saturated heterocycles. The Bertz CT molecular complexity index is 1170. The van der Waals surface area contributed by atoms with Crippen LogP contribution in [-0.4, -0.2) is 13.1 Å². The summed E-state index contributed by atoms with van der Waals surface area (Å²) in [5, 5.41) is 0. The number of hydrogen-bond donors (Lipinski definition) is 0. The van der Waals surface area contributed by atoms with Crippen molar-refractivity contribution in [2.75, 3.05) is 18.0 Å². The van der Waals surface area contributed by atoms with Gasteiger partial charge in [0.15, 0.2) is 12.4 Å². The molecule has 0 fully saturated rings. The SMILES string of the molecule is CCCCC/C=C\C/C=C\CCCCCCCCN(CCCCCCCC/C=C\C/C=C\CCCCC)c1ccc(/C=C/c2cc[n+](C)cc2)cc1. The van der Waals surface area contributed by atoms with E-state index in [9.17, 15) is 0 Å². The van der Waals surface area contributed by atoms with Gasteiger partial charge in [0.2, 0.25) is 0 Å². The van der Waals surface area contributed by atoms with E-state index in [4.69, 9.17) is 0 Å². The maximum Gasteiger partial charge on any atom is 0.169 e. The van der Waals surface area contributed by atoms with Crippen molar-refractivity contribution in [2.45, 2.75) is 168 Å². The average Bonchev–Trinajstić information content (AvgIpc) is 3.16. The van der Waals surface area contributed by atoms with Crippen LogP contribution >= 0.6 is 0 Å². The van der Waals surface area contributed by atoms with Gasteiger partial charge in [-0.05, 0) is 100 Å². The predicted molar refractivity (Wildman–Crippen MR) is 234 cm³/mol. The van der Waals surface area contributed by atoms with Crippen molar-refractivity contribution < 1.29 is 4.57 Å². The van der Waals surface area contributed by atoms with Gasteiger partial charge in [-0.1, -0.05) is 164 Å². The van der Waals surface area contributed by atoms with E-state index in [1.54, 1.807) is 0 Å². The highest BCUT2D eigenvalue weighted by Crippen LogP contribution is 2.20. The fourth-order valence-electron chi connectivity index (χ4n) is 6.56. The summed E-state index contributed by atoms with van der Waals surface area (Å²) in [5.74, 6) is 0. The largest absolute Gasteiger partial charge is 0.372 e. The van der Waals surface area contributed by atoms with E-state index in [1.807, 2.05) is 0 Å². The Balaban J connectivity index is 1.67. The fraction of sp³-hybridized carbons (Fsp3) is 0.580. The lowest BCUT2D eigenvalue weighted by Crippen LogP contribution is -2.25. The topological polar surface area (TPSA) is 7.12 Å². The molecule has 2 heteroatoms. The number of benzene rings is 1. The molecule has 0 radical (unpaired) electrons. The smallest absolute Gasteiger partial charge is 0.169 e. The minimum Gasteiger partial charge on any atom is -0.372 e. The van der Waals surface area contributed by atoms with Crippen LogP contribution in [0.4, 0.5) is 5.69 Å². The molecule has 2 rings (SSSR count). The molecule has 2 nitrogen and oxygen atoms in total. The Morgan fingerprint density at radius 1 is 0.423 bits per heavy atom. The summed E-state index contributed by atoms with van der Waals surface area (Å²) in [6.07, 6.45) is 58.8. The lowest BCUT2D eigenvalue weighted by atomic mass is 10.1. The molecule has 0 bridgehead atoms. The zero-order chi connectivity index (χ0) is 37.0. The van der Waals surface area contributed by atoms with Gasteiger partial charge in [0.1, 0.15) is 7.05 Å². The second-order valence-electron chi connectivity index (χ2n) is 14.9. The molecule has 0 aliphatic carbocycles. The number of aryl methyl sites for hydroxylation is 1. The molecule has 1 aromatic carbocycles. The summed E-state index contributed by atoms with van der Waals surface area (Å²) in [6.45, 7) is 6.89. The normalized spacial score (nSPS) is 12.2. The van der Waals surface area contributed by atoms with Crippen molar-refractivity contribution in [3.63, 3.8) is 0 Å². The summed E-state index contributed by atoms with van der Waals surface area (Å²) >= 11 is 0. The summed E-state index contributed by atoms with van der Waals surface area (Å²) in [4.78, 5) is 2.66. The van der Waals surface area contributed by atoms with Crippen LogP contribution in [0, 0.1) is 0 Å². The molecule has 0 aliphatic heterocycles. The second kappa shape index (κ2) is 33.7. The third-order valence-electron chi connectivity index (χ3n) is 9.99. The summed E-state index contributed by atoms with van der Waals surface area (Å²) in [5.41, 5.74) is 3.88. The van der Waals surface area contributed by atoms with E-state index in [1.165, 1.54) is 171 Å². The van der Waals surface area contributed by atoms with Crippen molar-refractivity contribution in [1.82, 2.24) is 0 Å². The van der Waals surface area contributed by atoms with E-state index in [0.717, 1.165) is 12.8 Å². The maximum absolute atomic E-state index is 2.66. The highest BCUT2D eigenvalue weighted by atomic mass is 15.1. The summed E-state index contributed by atoms with van der Waals surface area (Å²) < 4.78 is 2.07. The fourth-order valence-corrected chi connectivity index (χ4v) is 6.56. The number of unbranched alkanes of at least 4 members (excludes halogenated alkanes) is 18. The molecule has 0 unspecified atom stereocenters. The Morgan fingerprint density at radius 2 is 0.788 bits per heavy atom. The monoisotopic (exact) mass is 708 g/mol. The van der Waals surface area contributed by atoms with Gasteiger partial charge in [-0.3, -0.25) is 0 Å². The number of allylic oxidation sites excluding steroid dienone is 8. The number of anilines is 1. The first-order valence-corrected chi connectivity index (χ1v) is 21.8. The van der Waals surface area contributed by atoms with E-state index in [2.05, 4.69) is 140 Å². The molecular formula is C50H79N2+. The number of pyridine rings is 1. The first-order valence-electron chi connectivity index (χ1n) is 21.8. The number of aromatic nitrogens is 1. The van der Waals surface area contributed by atoms with E-state index in [0.29, 0.717) is 0 Å². The van der Waals surface area contributed by atoms with Crippen LogP contribution < -0.4 is 9.47 Å². The molecule has 1 aromatic heterocycles. The molecule has 0 atom stereocenters. The first kappa shape index (κ1) is 45.0. The van der Waals surface area contributed by atoms with Crippen molar-refractivity contribution in [3.05, 3.63) is 109 Å². The number of hydrogen-bond acceptors (Lipinski definition) is 1. The molecule has 0 N–H and O–H groups in total. The molecule has 2 aromatic rings. The van der Waals surface area contributed by atoms with Gasteiger partial charge in [-0.25, -0.2) is 4.57 Å². The van der Waals surface area contributed by atoms with Gasteiger partial charge in [0.05, 0.1) is 0 Å². The average molecular weight is 708 g/mol. The molecule has 0 amide bonds. The Morgan fingerprint density at radius 3 is 1.21 bits per heavy atom. The van der Waals surface area contributed by atoms with Crippen molar-refractivity contribution in [2.24, 2.45) is 7.05 Å². The van der Waals surface area contributed by atoms with Crippen molar-refractivity contribution >= 4 is 17.8 Å². The number of rotatable bonds is 33. The van der Waals surface area contributed by atoms with Crippen molar-refractivity contribution in [3.8, 4) is 0 Å². The van der Waals surface area contributed by atoms with Gasteiger partial charge in [0.25, 0.3) is 0 Å². The Labute approximate surface area is 322 Å². The lowest BCUT2D eigenvalue weighted by Gasteiger charge is -2.25. The van der Waals surface area contributed by atoms with Gasteiger partial charge < -0.3 is 4.90 Å². The molecular weight excluding hydrogens is 629 g/mol. The van der Waals surface area contributed by atoms with Crippen LogP contribution in [0.15, 0.2) is 97.4 Å². The van der Waals surface area contributed by atoms with E-state index < -0.39 is 0 Å². The minimum absolute atomic E-state index is 1.10. The predicted octanol–water partition coefficient (Wildman–Crippen LogP) is 15.1. The van der Waals surface area contributed by atoms with Gasteiger partial charge >= 0.3 is 0 Å². The molecule has 1 heterocycles. The van der Waals surface area contributed by atoms with Crippen LogP contribution in [0.1, 0.15) is 179 Å². The van der Waals surface area contributed by atoms with Crippen LogP contribution in [0.25, 0.3) is 12.2 Å². The van der Waals surface area contributed by atoms with E-state index in [-0.39, 0.29) is 0 Å². The van der Waals surface area contributed by atoms with Crippen LogP contribution in [0.5, 0.6) is 0 Å². The maximum atomic E-state index is 2.66. The Kier molecular flexibility index (Phi) is 29.2. The quantitative estimate of drug-likeness (QED) is 0.0407. The van der Waals surface area contributed by atoms with Gasteiger partial charge in [-0.2, -0.15) is 0 Å². The molecule has 0 saturated carbocycles. The van der Waals surface area contributed by atoms with Gasteiger partial charge in [-0.15, -0.1) is 0 Å². The molecule has 0 spiro atoms. The van der Waals surface area contributed by atoms with Crippen LogP contribution in [0.3, 0.4) is 0 Å². The third kappa shape index (κ3) is 25.8. The third-order valence-corrected chi connectivity index (χ3v) is 9.99. The zero-order valence-electron chi connectivity index (χ0n) is 34.2. The zero-order valence-corrected chi connectivity index (χ0v) is 34.2. The van der Waals surface area contributed by atoms with E-state index >= 15 is 0 Å². The van der Waals surface area contributed by atoms with Crippen LogP contribution in [-0.2, 0) is 7.05 Å². The standard InChI is InChI=1S/C50H79N2/c1-4-6-8-10-12-14-16-18-20-22-24-26-28-30-32-34-44-52(50-40-38-48(39-41-50)36-37-49-42-46-51(3)47-43-49)45-35-33-31-29-27-25-23-21-19-17-15-13-11-9-7-5-2/h12-15,18-21,36-43,46-47H,4-11,16-17,22-35,44-45H2,1-3H3/q+1/b14-12-,15-13-,20-18-,21-19-. The molecule has 52 heavy (non-hydrogen) atoms. The lowest BCUT2D eigenvalue weighted by molar-refractivity contribution is -0.671. The highest BCUT2D eigenvalue weighted by Gasteiger charge is 2.07. The van der Waals surface area contributed by atoms with Crippen molar-refractivity contribution in [1.29, 1.82) is 0 Å². The summed E-state index contributed by atoms with van der Waals surface area (Å²) in [6, 6.07) is 13.6. The Hall–Kier alpha value is -3.13. The molecule has 288 valence electrons. The minimum atomic E-state index is 1.10. The second-order valence-corrected chi connectivity index (χ2v) is 14.9. The first-order chi connectivity index (χ1) is 25.7. The number of nitrogens with zero attached hydrogens (tertiary/aromatic N) is 2. The highest BCUT2D eigenvalue weighted by molar-refractivity contribution is 5.70. The summed E-state index contributed by atoms with van der Waals surface area (Å²) in [7, 11) is 2.06. The van der Waals surface area contributed by atoms with Crippen LogP contribution in [0.2, 0.25) is 0 Å². The molecule has 0 aliphatic rings.